The van der Waals surface area contributed by atoms with Gasteiger partial charge in [0.1, 0.15) is 6.61 Å². The molecule has 0 amide bonds. The number of rotatable bonds is 2. The second-order valence-electron chi connectivity index (χ2n) is 1.54. The largest absolute Gasteiger partial charge is 0.452 e. The van der Waals surface area contributed by atoms with Gasteiger partial charge in [-0.3, -0.25) is 0 Å². The maximum atomic E-state index is 10.5. The fourth-order valence-corrected chi connectivity index (χ4v) is 0.358. The van der Waals surface area contributed by atoms with Gasteiger partial charge in [0.05, 0.1) is 0 Å². The predicted molar refractivity (Wildman–Crippen MR) is 39.2 cm³/mol. The van der Waals surface area contributed by atoms with Crippen LogP contribution in [0.3, 0.4) is 0 Å². The van der Waals surface area contributed by atoms with Crippen molar-refractivity contribution in [2.24, 2.45) is 0 Å². The highest BCUT2D eigenvalue weighted by atomic mass is 16.5. The van der Waals surface area contributed by atoms with Crippen molar-refractivity contribution in [2.75, 3.05) is 6.61 Å². The number of hydrogen-bond donors (Lipinski definition) is 0. The molecule has 2 nitrogen and oxygen atoms in total. The van der Waals surface area contributed by atoms with Gasteiger partial charge in [0.2, 0.25) is 0 Å². The number of allylic oxidation sites excluding steroid dienone is 1. The third-order valence-electron chi connectivity index (χ3n) is 0.773. The molecule has 0 radical (unpaired) electrons. The number of hydrogen-bond acceptors (Lipinski definition) is 2. The zero-order chi connectivity index (χ0) is 7.82. The summed E-state index contributed by atoms with van der Waals surface area (Å²) >= 11 is 0. The van der Waals surface area contributed by atoms with Crippen LogP contribution in [0.5, 0.6) is 0 Å². The summed E-state index contributed by atoms with van der Waals surface area (Å²) in [7, 11) is 0. The third-order valence-corrected chi connectivity index (χ3v) is 0.773. The average Bonchev–Trinajstić information content (AvgIpc) is 1.89. The van der Waals surface area contributed by atoms with E-state index in [1.807, 2.05) is 13.0 Å². The minimum atomic E-state index is -0.472. The van der Waals surface area contributed by atoms with Crippen LogP contribution in [0.2, 0.25) is 0 Å². The molecule has 0 aromatic carbocycles. The maximum Gasteiger partial charge on any atom is 0.384 e. The first-order chi connectivity index (χ1) is 4.81. The lowest BCUT2D eigenvalue weighted by atomic mass is 10.5. The summed E-state index contributed by atoms with van der Waals surface area (Å²) < 4.78 is 4.62. The highest BCUT2D eigenvalue weighted by Gasteiger charge is 1.90. The Labute approximate surface area is 60.9 Å². The van der Waals surface area contributed by atoms with E-state index in [0.717, 1.165) is 0 Å². The lowest BCUT2D eigenvalue weighted by Gasteiger charge is -1.91. The molecule has 0 aromatic rings. The zero-order valence-corrected chi connectivity index (χ0v) is 6.18. The van der Waals surface area contributed by atoms with Gasteiger partial charge in [-0.2, -0.15) is 0 Å². The summed E-state index contributed by atoms with van der Waals surface area (Å²) in [4.78, 5) is 10.5. The second kappa shape index (κ2) is 5.90. The summed E-state index contributed by atoms with van der Waals surface area (Å²) in [5.41, 5.74) is 0. The fraction of sp³-hybridized carbons (Fsp3) is 0.375. The summed E-state index contributed by atoms with van der Waals surface area (Å²) in [6, 6.07) is 0. The van der Waals surface area contributed by atoms with Crippen LogP contribution in [-0.4, -0.2) is 12.6 Å². The van der Waals surface area contributed by atoms with E-state index in [4.69, 9.17) is 0 Å². The molecule has 10 heavy (non-hydrogen) atoms. The number of carbonyl (C=O) groups is 1. The van der Waals surface area contributed by atoms with Crippen molar-refractivity contribution in [2.45, 2.75) is 13.8 Å². The Kier molecular flexibility index (Phi) is 5.17. The Morgan fingerprint density at radius 1 is 1.70 bits per heavy atom. The van der Waals surface area contributed by atoms with Crippen LogP contribution in [0.25, 0.3) is 0 Å². The molecule has 0 aliphatic carbocycles. The first-order valence-corrected chi connectivity index (χ1v) is 3.02. The van der Waals surface area contributed by atoms with Gasteiger partial charge in [-0.1, -0.05) is 18.1 Å². The van der Waals surface area contributed by atoms with E-state index in [9.17, 15) is 4.79 Å². The molecule has 0 heterocycles. The van der Waals surface area contributed by atoms with Crippen LogP contribution in [0.1, 0.15) is 13.8 Å². The normalized spacial score (nSPS) is 8.60. The molecule has 0 bridgehead atoms. The Morgan fingerprint density at radius 2 is 2.40 bits per heavy atom. The van der Waals surface area contributed by atoms with Gasteiger partial charge >= 0.3 is 5.97 Å². The van der Waals surface area contributed by atoms with Crippen molar-refractivity contribution in [3.05, 3.63) is 12.2 Å². The van der Waals surface area contributed by atoms with Crippen molar-refractivity contribution in [1.29, 1.82) is 0 Å². The molecule has 0 saturated heterocycles. The van der Waals surface area contributed by atoms with Gasteiger partial charge in [-0.15, -0.1) is 0 Å². The SMILES string of the molecule is CC#CC(=O)OC/C=C\C. The van der Waals surface area contributed by atoms with Gasteiger partial charge in [0, 0.05) is 5.92 Å². The van der Waals surface area contributed by atoms with E-state index < -0.39 is 5.97 Å². The predicted octanol–water partition coefficient (Wildman–Crippen LogP) is 1.13. The molecule has 0 N–H and O–H groups in total. The topological polar surface area (TPSA) is 26.3 Å². The highest BCUT2D eigenvalue weighted by molar-refractivity contribution is 5.88. The van der Waals surface area contributed by atoms with E-state index in [2.05, 4.69) is 16.6 Å². The number of esters is 1. The van der Waals surface area contributed by atoms with Crippen LogP contribution < -0.4 is 0 Å². The molecule has 0 rings (SSSR count). The van der Waals surface area contributed by atoms with Gasteiger partial charge < -0.3 is 4.74 Å². The van der Waals surface area contributed by atoms with Crippen LogP contribution in [0.4, 0.5) is 0 Å². The Bertz CT molecular complexity index is 181. The van der Waals surface area contributed by atoms with Crippen molar-refractivity contribution in [3.8, 4) is 11.8 Å². The van der Waals surface area contributed by atoms with Crippen molar-refractivity contribution in [3.63, 3.8) is 0 Å². The van der Waals surface area contributed by atoms with E-state index in [-0.39, 0.29) is 0 Å². The van der Waals surface area contributed by atoms with Gasteiger partial charge in [0.25, 0.3) is 0 Å². The Balaban J connectivity index is 3.46. The average molecular weight is 138 g/mol. The van der Waals surface area contributed by atoms with Gasteiger partial charge in [-0.25, -0.2) is 4.79 Å². The first-order valence-electron chi connectivity index (χ1n) is 3.02. The molecular formula is C8H10O2. The molecular weight excluding hydrogens is 128 g/mol. The van der Waals surface area contributed by atoms with Crippen LogP contribution in [0.15, 0.2) is 12.2 Å². The minimum Gasteiger partial charge on any atom is -0.452 e. The Morgan fingerprint density at radius 3 is 2.90 bits per heavy atom. The number of ether oxygens (including phenoxy) is 1. The fourth-order valence-electron chi connectivity index (χ4n) is 0.358. The first kappa shape index (κ1) is 8.77. The molecule has 0 fully saturated rings. The van der Waals surface area contributed by atoms with E-state index in [1.165, 1.54) is 0 Å². The van der Waals surface area contributed by atoms with Crippen molar-refractivity contribution >= 4 is 5.97 Å². The summed E-state index contributed by atoms with van der Waals surface area (Å²) in [6.45, 7) is 3.76. The van der Waals surface area contributed by atoms with Crippen molar-refractivity contribution in [1.82, 2.24) is 0 Å². The van der Waals surface area contributed by atoms with Crippen LogP contribution >= 0.6 is 0 Å². The van der Waals surface area contributed by atoms with E-state index in [0.29, 0.717) is 6.61 Å². The molecule has 0 spiro atoms. The summed E-state index contributed by atoms with van der Waals surface area (Å²) in [5, 5.41) is 0. The van der Waals surface area contributed by atoms with Crippen LogP contribution in [0, 0.1) is 11.8 Å². The zero-order valence-electron chi connectivity index (χ0n) is 6.18. The Hall–Kier alpha value is -1.23. The smallest absolute Gasteiger partial charge is 0.384 e. The lowest BCUT2D eigenvalue weighted by Crippen LogP contribution is -2.00. The lowest BCUT2D eigenvalue weighted by molar-refractivity contribution is -0.135. The molecule has 0 aliphatic rings. The minimum absolute atomic E-state index is 0.310. The molecule has 0 saturated carbocycles. The molecule has 54 valence electrons. The molecule has 0 atom stereocenters. The summed E-state index contributed by atoms with van der Waals surface area (Å²) in [5.74, 6) is 4.23. The van der Waals surface area contributed by atoms with E-state index >= 15 is 0 Å². The molecule has 0 unspecified atom stereocenters. The molecule has 0 aliphatic heterocycles. The quantitative estimate of drug-likeness (QED) is 0.247. The molecule has 0 aromatic heterocycles. The highest BCUT2D eigenvalue weighted by Crippen LogP contribution is 1.77. The van der Waals surface area contributed by atoms with E-state index in [1.54, 1.807) is 13.0 Å². The number of carbonyl (C=O) groups excluding carboxylic acids is 1. The van der Waals surface area contributed by atoms with Gasteiger partial charge in [0.15, 0.2) is 0 Å². The molecule has 2 heteroatoms. The van der Waals surface area contributed by atoms with Crippen molar-refractivity contribution < 1.29 is 9.53 Å². The van der Waals surface area contributed by atoms with Crippen LogP contribution in [-0.2, 0) is 9.53 Å². The standard InChI is InChI=1S/C8H10O2/c1-3-5-7-10-8(9)6-4-2/h3,5H,7H2,1-2H3/b5-3-. The van der Waals surface area contributed by atoms with Gasteiger partial charge in [-0.05, 0) is 13.8 Å². The summed E-state index contributed by atoms with van der Waals surface area (Å²) in [6.07, 6.45) is 3.56. The monoisotopic (exact) mass is 138 g/mol. The maximum absolute atomic E-state index is 10.5. The third kappa shape index (κ3) is 4.92. The second-order valence-corrected chi connectivity index (χ2v) is 1.54.